The number of aryl methyl sites for hydroxylation is 1. The molecule has 1 aromatic carbocycles. The first-order valence-corrected chi connectivity index (χ1v) is 8.06. The summed E-state index contributed by atoms with van der Waals surface area (Å²) in [5.74, 6) is 0.458. The van der Waals surface area contributed by atoms with Crippen LogP contribution in [0.5, 0.6) is 11.5 Å². The number of rotatable bonds is 4. The molecule has 3 rings (SSSR count). The largest absolute Gasteiger partial charge is 0.504 e. The van der Waals surface area contributed by atoms with Crippen molar-refractivity contribution in [3.63, 3.8) is 0 Å². The second kappa shape index (κ2) is 7.43. The molecule has 2 aromatic rings. The van der Waals surface area contributed by atoms with Gasteiger partial charge in [0, 0.05) is 26.3 Å². The molecule has 1 aliphatic rings. The van der Waals surface area contributed by atoms with Gasteiger partial charge in [-0.25, -0.2) is 4.79 Å². The van der Waals surface area contributed by atoms with Crippen LogP contribution >= 0.6 is 0 Å². The predicted molar refractivity (Wildman–Crippen MR) is 90.4 cm³/mol. The number of aromatic hydroxyl groups is 1. The molecule has 0 aliphatic carbocycles. The number of benzene rings is 1. The molecule has 0 radical (unpaired) electrons. The number of carbonyl (C=O) groups excluding carboxylic acids is 1. The molecular weight excluding hydrogens is 324 g/mol. The lowest BCUT2D eigenvalue weighted by atomic mass is 10.2. The van der Waals surface area contributed by atoms with Crippen LogP contribution in [-0.2, 0) is 18.3 Å². The summed E-state index contributed by atoms with van der Waals surface area (Å²) in [6.45, 7) is 1.81. The van der Waals surface area contributed by atoms with E-state index in [1.165, 1.54) is 7.11 Å². The molecule has 2 N–H and O–H groups in total. The Morgan fingerprint density at radius 1 is 1.48 bits per heavy atom. The van der Waals surface area contributed by atoms with Gasteiger partial charge in [-0.3, -0.25) is 4.68 Å². The molecule has 1 saturated heterocycles. The highest BCUT2D eigenvalue weighted by Gasteiger charge is 2.27. The number of carbonyl (C=O) groups is 1. The van der Waals surface area contributed by atoms with Gasteiger partial charge >= 0.3 is 6.03 Å². The molecule has 1 atom stereocenters. The van der Waals surface area contributed by atoms with Crippen molar-refractivity contribution in [2.24, 2.45) is 7.05 Å². The van der Waals surface area contributed by atoms with E-state index in [4.69, 9.17) is 9.47 Å². The molecule has 1 unspecified atom stereocenters. The van der Waals surface area contributed by atoms with Gasteiger partial charge in [0.25, 0.3) is 0 Å². The SMILES string of the molecule is COc1ccc(CNC(=O)N2CCOC(c3ccnn3C)C2)cc1O. The number of morpholine rings is 1. The van der Waals surface area contributed by atoms with Crippen molar-refractivity contribution in [2.75, 3.05) is 26.8 Å². The Hall–Kier alpha value is -2.74. The summed E-state index contributed by atoms with van der Waals surface area (Å²) in [5, 5.41) is 16.8. The van der Waals surface area contributed by atoms with Crippen LogP contribution in [0.1, 0.15) is 17.4 Å². The maximum atomic E-state index is 12.4. The molecule has 0 saturated carbocycles. The summed E-state index contributed by atoms with van der Waals surface area (Å²) in [4.78, 5) is 14.2. The molecule has 2 amide bonds. The minimum atomic E-state index is -0.183. The van der Waals surface area contributed by atoms with E-state index in [9.17, 15) is 9.90 Å². The summed E-state index contributed by atoms with van der Waals surface area (Å²) in [6.07, 6.45) is 1.53. The third kappa shape index (κ3) is 3.85. The zero-order chi connectivity index (χ0) is 17.8. The number of methoxy groups -OCH3 is 1. The van der Waals surface area contributed by atoms with Crippen molar-refractivity contribution in [3.8, 4) is 11.5 Å². The third-order valence-electron chi connectivity index (χ3n) is 4.23. The highest BCUT2D eigenvalue weighted by Crippen LogP contribution is 2.26. The second-order valence-corrected chi connectivity index (χ2v) is 5.85. The maximum absolute atomic E-state index is 12.4. The van der Waals surface area contributed by atoms with Gasteiger partial charge in [0.2, 0.25) is 0 Å². The van der Waals surface area contributed by atoms with Gasteiger partial charge in [0.1, 0.15) is 6.10 Å². The second-order valence-electron chi connectivity index (χ2n) is 5.85. The minimum Gasteiger partial charge on any atom is -0.504 e. The number of phenolic OH excluding ortho intramolecular Hbond substituents is 1. The van der Waals surface area contributed by atoms with E-state index in [1.807, 2.05) is 13.1 Å². The van der Waals surface area contributed by atoms with Gasteiger partial charge < -0.3 is 24.8 Å². The smallest absolute Gasteiger partial charge is 0.317 e. The molecule has 8 nitrogen and oxygen atoms in total. The fourth-order valence-electron chi connectivity index (χ4n) is 2.85. The quantitative estimate of drug-likeness (QED) is 0.874. The molecular formula is C17H22N4O4. The van der Waals surface area contributed by atoms with Gasteiger partial charge in [-0.2, -0.15) is 5.10 Å². The van der Waals surface area contributed by atoms with Crippen LogP contribution in [0.25, 0.3) is 0 Å². The number of phenols is 1. The van der Waals surface area contributed by atoms with E-state index in [0.717, 1.165) is 11.3 Å². The highest BCUT2D eigenvalue weighted by atomic mass is 16.5. The minimum absolute atomic E-state index is 0.0527. The first-order chi connectivity index (χ1) is 12.1. The van der Waals surface area contributed by atoms with Crippen LogP contribution in [0.15, 0.2) is 30.5 Å². The van der Waals surface area contributed by atoms with E-state index in [-0.39, 0.29) is 17.9 Å². The van der Waals surface area contributed by atoms with E-state index in [0.29, 0.717) is 32.0 Å². The van der Waals surface area contributed by atoms with Gasteiger partial charge in [0.15, 0.2) is 11.5 Å². The average molecular weight is 346 g/mol. The lowest BCUT2D eigenvalue weighted by molar-refractivity contribution is -0.0194. The van der Waals surface area contributed by atoms with Crippen LogP contribution < -0.4 is 10.1 Å². The van der Waals surface area contributed by atoms with Gasteiger partial charge in [-0.1, -0.05) is 6.07 Å². The first kappa shape index (κ1) is 17.1. The van der Waals surface area contributed by atoms with Gasteiger partial charge in [-0.05, 0) is 23.8 Å². The Morgan fingerprint density at radius 2 is 2.32 bits per heavy atom. The maximum Gasteiger partial charge on any atom is 0.317 e. The third-order valence-corrected chi connectivity index (χ3v) is 4.23. The summed E-state index contributed by atoms with van der Waals surface area (Å²) in [6, 6.07) is 6.79. The van der Waals surface area contributed by atoms with Crippen LogP contribution in [-0.4, -0.2) is 52.6 Å². The topological polar surface area (TPSA) is 88.9 Å². The number of hydrogen-bond donors (Lipinski definition) is 2. The molecule has 134 valence electrons. The summed E-state index contributed by atoms with van der Waals surface area (Å²) in [5.41, 5.74) is 1.74. The lowest BCUT2D eigenvalue weighted by Gasteiger charge is -2.33. The Morgan fingerprint density at radius 3 is 3.00 bits per heavy atom. The molecule has 1 aliphatic heterocycles. The molecule has 2 heterocycles. The molecule has 1 aromatic heterocycles. The monoisotopic (exact) mass is 346 g/mol. The Balaban J connectivity index is 1.57. The van der Waals surface area contributed by atoms with E-state index >= 15 is 0 Å². The fraction of sp³-hybridized carbons (Fsp3) is 0.412. The van der Waals surface area contributed by atoms with Crippen molar-refractivity contribution in [1.82, 2.24) is 20.0 Å². The predicted octanol–water partition coefficient (Wildman–Crippen LogP) is 1.42. The van der Waals surface area contributed by atoms with Crippen LogP contribution in [0.3, 0.4) is 0 Å². The van der Waals surface area contributed by atoms with E-state index in [1.54, 1.807) is 34.0 Å². The molecule has 8 heteroatoms. The number of amides is 2. The zero-order valence-corrected chi connectivity index (χ0v) is 14.3. The van der Waals surface area contributed by atoms with Crippen molar-refractivity contribution in [1.29, 1.82) is 0 Å². The van der Waals surface area contributed by atoms with Crippen molar-refractivity contribution < 1.29 is 19.4 Å². The fourth-order valence-corrected chi connectivity index (χ4v) is 2.85. The molecule has 0 spiro atoms. The number of nitrogens with one attached hydrogen (secondary N) is 1. The van der Waals surface area contributed by atoms with Crippen molar-refractivity contribution in [2.45, 2.75) is 12.6 Å². The molecule has 0 bridgehead atoms. The van der Waals surface area contributed by atoms with Crippen LogP contribution in [0, 0.1) is 0 Å². The summed E-state index contributed by atoms with van der Waals surface area (Å²) >= 11 is 0. The van der Waals surface area contributed by atoms with Gasteiger partial charge in [-0.15, -0.1) is 0 Å². The number of urea groups is 1. The van der Waals surface area contributed by atoms with Crippen LogP contribution in [0.2, 0.25) is 0 Å². The first-order valence-electron chi connectivity index (χ1n) is 8.06. The standard InChI is InChI=1S/C17H22N4O4/c1-20-13(5-6-19-20)16-11-21(7-8-25-16)17(23)18-10-12-3-4-15(24-2)14(22)9-12/h3-6,9,16,22H,7-8,10-11H2,1-2H3,(H,18,23). The number of ether oxygens (including phenoxy) is 2. The number of nitrogens with zero attached hydrogens (tertiary/aromatic N) is 3. The van der Waals surface area contributed by atoms with Gasteiger partial charge in [0.05, 0.1) is 26.0 Å². The lowest BCUT2D eigenvalue weighted by Crippen LogP contribution is -2.47. The molecule has 25 heavy (non-hydrogen) atoms. The van der Waals surface area contributed by atoms with E-state index in [2.05, 4.69) is 10.4 Å². The normalized spacial score (nSPS) is 17.4. The number of aromatic nitrogens is 2. The van der Waals surface area contributed by atoms with Crippen molar-refractivity contribution >= 4 is 6.03 Å². The summed E-state index contributed by atoms with van der Waals surface area (Å²) < 4.78 is 12.5. The highest BCUT2D eigenvalue weighted by molar-refractivity contribution is 5.74. The van der Waals surface area contributed by atoms with Crippen LogP contribution in [0.4, 0.5) is 4.79 Å². The Bertz CT molecular complexity index is 746. The Kier molecular flexibility index (Phi) is 5.08. The van der Waals surface area contributed by atoms with Crippen molar-refractivity contribution in [3.05, 3.63) is 41.7 Å². The Labute approximate surface area is 146 Å². The summed E-state index contributed by atoms with van der Waals surface area (Å²) in [7, 11) is 3.35. The average Bonchev–Trinajstić information content (AvgIpc) is 3.06. The number of hydrogen-bond acceptors (Lipinski definition) is 5. The zero-order valence-electron chi connectivity index (χ0n) is 14.3. The van der Waals surface area contributed by atoms with E-state index < -0.39 is 0 Å². The molecule has 1 fully saturated rings.